The molecule has 202 valence electrons. The van der Waals surface area contributed by atoms with Crippen LogP contribution in [0.4, 0.5) is 5.69 Å². The highest BCUT2D eigenvalue weighted by Crippen LogP contribution is 2.38. The maximum atomic E-state index is 13.2. The number of hydrogen-bond acceptors (Lipinski definition) is 7. The summed E-state index contributed by atoms with van der Waals surface area (Å²) >= 11 is 6.26. The van der Waals surface area contributed by atoms with Gasteiger partial charge in [0.1, 0.15) is 12.4 Å². The predicted molar refractivity (Wildman–Crippen MR) is 149 cm³/mol. The van der Waals surface area contributed by atoms with Gasteiger partial charge in [0.25, 0.3) is 5.91 Å². The van der Waals surface area contributed by atoms with Crippen molar-refractivity contribution in [2.45, 2.75) is 32.0 Å². The number of nitrogens with two attached hydrogens (primary N) is 1. The fraction of sp³-hybridized carbons (Fsp3) is 0.345. The van der Waals surface area contributed by atoms with Crippen LogP contribution in [0.15, 0.2) is 54.6 Å². The normalized spacial score (nSPS) is 14.1. The fourth-order valence-electron chi connectivity index (χ4n) is 4.58. The topological polar surface area (TPSA) is 95.3 Å². The SMILES string of the molecule is COc1cc(CN2CCC(NC(=O)c3cc(Cl)c(N)cc3OCc3ccccc3)CC2)cc(OC)c1OC. The van der Waals surface area contributed by atoms with Gasteiger partial charge in [0.15, 0.2) is 11.5 Å². The number of rotatable bonds is 10. The third kappa shape index (κ3) is 6.62. The zero-order chi connectivity index (χ0) is 27.1. The molecule has 1 saturated heterocycles. The van der Waals surface area contributed by atoms with Crippen LogP contribution in [0.2, 0.25) is 5.02 Å². The summed E-state index contributed by atoms with van der Waals surface area (Å²) in [6.07, 6.45) is 1.64. The third-order valence-corrected chi connectivity index (χ3v) is 6.96. The highest BCUT2D eigenvalue weighted by molar-refractivity contribution is 6.33. The number of nitrogens with zero attached hydrogens (tertiary/aromatic N) is 1. The Hall–Kier alpha value is -3.62. The number of halogens is 1. The predicted octanol–water partition coefficient (Wildman–Crippen LogP) is 4.92. The number of methoxy groups -OCH3 is 3. The fourth-order valence-corrected chi connectivity index (χ4v) is 4.75. The van der Waals surface area contributed by atoms with Gasteiger partial charge in [-0.2, -0.15) is 0 Å². The average molecular weight is 540 g/mol. The van der Waals surface area contributed by atoms with Gasteiger partial charge in [-0.25, -0.2) is 0 Å². The minimum Gasteiger partial charge on any atom is -0.493 e. The highest BCUT2D eigenvalue weighted by atomic mass is 35.5. The van der Waals surface area contributed by atoms with Crippen molar-refractivity contribution in [2.24, 2.45) is 0 Å². The van der Waals surface area contributed by atoms with Crippen molar-refractivity contribution in [2.75, 3.05) is 40.2 Å². The van der Waals surface area contributed by atoms with E-state index in [1.165, 1.54) is 0 Å². The summed E-state index contributed by atoms with van der Waals surface area (Å²) in [5, 5.41) is 3.48. The second kappa shape index (κ2) is 12.8. The Bertz CT molecular complexity index is 1220. The van der Waals surface area contributed by atoms with E-state index in [-0.39, 0.29) is 11.9 Å². The zero-order valence-corrected chi connectivity index (χ0v) is 22.7. The first kappa shape index (κ1) is 27.4. The number of anilines is 1. The van der Waals surface area contributed by atoms with Crippen molar-refractivity contribution < 1.29 is 23.7 Å². The van der Waals surface area contributed by atoms with E-state index in [9.17, 15) is 4.79 Å². The molecule has 0 spiro atoms. The number of carbonyl (C=O) groups is 1. The van der Waals surface area contributed by atoms with Gasteiger partial charge < -0.3 is 30.0 Å². The Labute approximate surface area is 228 Å². The van der Waals surface area contributed by atoms with Crippen molar-refractivity contribution in [3.05, 3.63) is 76.3 Å². The maximum Gasteiger partial charge on any atom is 0.255 e. The minimum atomic E-state index is -0.224. The van der Waals surface area contributed by atoms with E-state index < -0.39 is 0 Å². The quantitative estimate of drug-likeness (QED) is 0.353. The lowest BCUT2D eigenvalue weighted by Crippen LogP contribution is -2.44. The van der Waals surface area contributed by atoms with Gasteiger partial charge in [0.2, 0.25) is 5.75 Å². The lowest BCUT2D eigenvalue weighted by atomic mass is 10.0. The molecule has 1 heterocycles. The van der Waals surface area contributed by atoms with E-state index in [2.05, 4.69) is 10.2 Å². The number of likely N-dealkylation sites (tertiary alicyclic amines) is 1. The van der Waals surface area contributed by atoms with Crippen LogP contribution in [0, 0.1) is 0 Å². The van der Waals surface area contributed by atoms with Gasteiger partial charge in [-0.1, -0.05) is 41.9 Å². The van der Waals surface area contributed by atoms with E-state index in [1.807, 2.05) is 42.5 Å². The van der Waals surface area contributed by atoms with Crippen LogP contribution in [-0.4, -0.2) is 51.3 Å². The number of hydrogen-bond donors (Lipinski definition) is 2. The minimum absolute atomic E-state index is 0.0389. The second-order valence-electron chi connectivity index (χ2n) is 9.20. The van der Waals surface area contributed by atoms with Crippen LogP contribution in [0.5, 0.6) is 23.0 Å². The second-order valence-corrected chi connectivity index (χ2v) is 9.61. The van der Waals surface area contributed by atoms with E-state index in [4.69, 9.17) is 36.3 Å². The van der Waals surface area contributed by atoms with Crippen molar-refractivity contribution in [1.82, 2.24) is 10.2 Å². The van der Waals surface area contributed by atoms with E-state index in [0.717, 1.165) is 43.6 Å². The molecule has 0 aromatic heterocycles. The lowest BCUT2D eigenvalue weighted by Gasteiger charge is -2.32. The Morgan fingerprint density at radius 2 is 1.61 bits per heavy atom. The highest BCUT2D eigenvalue weighted by Gasteiger charge is 2.24. The van der Waals surface area contributed by atoms with Gasteiger partial charge in [0, 0.05) is 31.7 Å². The third-order valence-electron chi connectivity index (χ3n) is 6.63. The summed E-state index contributed by atoms with van der Waals surface area (Å²) in [5.41, 5.74) is 8.80. The average Bonchev–Trinajstić information content (AvgIpc) is 2.94. The number of nitrogens with one attached hydrogen (secondary N) is 1. The summed E-state index contributed by atoms with van der Waals surface area (Å²) < 4.78 is 22.4. The molecular formula is C29H34ClN3O5. The maximum absolute atomic E-state index is 13.2. The number of carbonyl (C=O) groups excluding carboxylic acids is 1. The Morgan fingerprint density at radius 3 is 2.21 bits per heavy atom. The van der Waals surface area contributed by atoms with Crippen LogP contribution in [-0.2, 0) is 13.2 Å². The van der Waals surface area contributed by atoms with Crippen LogP contribution >= 0.6 is 11.6 Å². The Morgan fingerprint density at radius 1 is 0.947 bits per heavy atom. The first-order chi connectivity index (χ1) is 18.4. The van der Waals surface area contributed by atoms with E-state index in [0.29, 0.717) is 45.9 Å². The van der Waals surface area contributed by atoms with Crippen LogP contribution < -0.4 is 30.0 Å². The summed E-state index contributed by atoms with van der Waals surface area (Å²) in [5.74, 6) is 2.04. The van der Waals surface area contributed by atoms with Crippen LogP contribution in [0.25, 0.3) is 0 Å². The lowest BCUT2D eigenvalue weighted by molar-refractivity contribution is 0.0904. The van der Waals surface area contributed by atoms with Crippen LogP contribution in [0.3, 0.4) is 0 Å². The number of benzene rings is 3. The number of nitrogen functional groups attached to an aromatic ring is 1. The summed E-state index contributed by atoms with van der Waals surface area (Å²) in [4.78, 5) is 15.6. The molecule has 3 N–H and O–H groups in total. The monoisotopic (exact) mass is 539 g/mol. The molecule has 1 aliphatic heterocycles. The molecule has 0 atom stereocenters. The number of amides is 1. The molecule has 1 amide bonds. The molecule has 0 saturated carbocycles. The van der Waals surface area contributed by atoms with E-state index >= 15 is 0 Å². The summed E-state index contributed by atoms with van der Waals surface area (Å²) in [7, 11) is 4.82. The summed E-state index contributed by atoms with van der Waals surface area (Å²) in [6, 6.07) is 16.9. The Kier molecular flexibility index (Phi) is 9.20. The molecular weight excluding hydrogens is 506 g/mol. The molecule has 1 aliphatic rings. The molecule has 3 aromatic rings. The van der Waals surface area contributed by atoms with Crippen molar-refractivity contribution in [1.29, 1.82) is 0 Å². The number of ether oxygens (including phenoxy) is 4. The van der Waals surface area contributed by atoms with Gasteiger partial charge in [-0.3, -0.25) is 9.69 Å². The molecule has 3 aromatic carbocycles. The first-order valence-electron chi connectivity index (χ1n) is 12.5. The van der Waals surface area contributed by atoms with Crippen LogP contribution in [0.1, 0.15) is 34.3 Å². The zero-order valence-electron chi connectivity index (χ0n) is 22.0. The number of piperidine rings is 1. The Balaban J connectivity index is 1.37. The van der Waals surface area contributed by atoms with Crippen molar-refractivity contribution >= 4 is 23.2 Å². The van der Waals surface area contributed by atoms with Gasteiger partial charge in [0.05, 0.1) is 37.6 Å². The summed E-state index contributed by atoms with van der Waals surface area (Å²) in [6.45, 7) is 2.73. The van der Waals surface area contributed by atoms with E-state index in [1.54, 1.807) is 33.5 Å². The largest absolute Gasteiger partial charge is 0.493 e. The standard InChI is InChI=1S/C29H34ClN3O5/c1-35-26-13-20(14-27(36-2)28(26)37-3)17-33-11-9-21(10-12-33)32-29(34)22-15-23(30)24(31)16-25(22)38-18-19-7-5-4-6-8-19/h4-8,13-16,21H,9-12,17-18,31H2,1-3H3,(H,32,34). The molecule has 0 radical (unpaired) electrons. The van der Waals surface area contributed by atoms with Gasteiger partial charge in [-0.05, 0) is 42.2 Å². The molecule has 0 unspecified atom stereocenters. The smallest absolute Gasteiger partial charge is 0.255 e. The molecule has 1 fully saturated rings. The van der Waals surface area contributed by atoms with Crippen molar-refractivity contribution in [3.63, 3.8) is 0 Å². The molecule has 4 rings (SSSR count). The molecule has 0 aliphatic carbocycles. The molecule has 0 bridgehead atoms. The van der Waals surface area contributed by atoms with Crippen molar-refractivity contribution in [3.8, 4) is 23.0 Å². The van der Waals surface area contributed by atoms with Gasteiger partial charge >= 0.3 is 0 Å². The molecule has 9 heteroatoms. The molecule has 8 nitrogen and oxygen atoms in total. The first-order valence-corrected chi connectivity index (χ1v) is 12.9. The van der Waals surface area contributed by atoms with Gasteiger partial charge in [-0.15, -0.1) is 0 Å². The molecule has 38 heavy (non-hydrogen) atoms.